The Labute approximate surface area is 167 Å². The molecule has 0 unspecified atom stereocenters. The van der Waals surface area contributed by atoms with Gasteiger partial charge in [0.05, 0.1) is 36.2 Å². The Hall–Kier alpha value is -3.50. The first kappa shape index (κ1) is 19.3. The third-order valence-electron chi connectivity index (χ3n) is 3.88. The molecule has 7 nitrogen and oxygen atoms in total. The highest BCUT2D eigenvalue weighted by Crippen LogP contribution is 2.37. The molecule has 8 heteroatoms. The third-order valence-corrected chi connectivity index (χ3v) is 4.18. The van der Waals surface area contributed by atoms with Crippen molar-refractivity contribution in [3.05, 3.63) is 58.7 Å². The molecule has 3 rings (SSSR count). The molecule has 0 bridgehead atoms. The van der Waals surface area contributed by atoms with E-state index in [9.17, 15) is 5.26 Å². The van der Waals surface area contributed by atoms with E-state index in [0.717, 1.165) is 5.69 Å². The Bertz CT molecular complexity index is 1050. The highest BCUT2D eigenvalue weighted by Gasteiger charge is 2.12. The molecule has 2 N–H and O–H groups in total. The van der Waals surface area contributed by atoms with E-state index in [1.54, 1.807) is 50.6 Å². The molecule has 0 amide bonds. The topological polar surface area (TPSA) is 92.1 Å². The van der Waals surface area contributed by atoms with Crippen LogP contribution in [0.5, 0.6) is 11.5 Å². The van der Waals surface area contributed by atoms with E-state index in [-0.39, 0.29) is 0 Å². The number of anilines is 4. The van der Waals surface area contributed by atoms with Gasteiger partial charge in [0.15, 0.2) is 0 Å². The van der Waals surface area contributed by atoms with Crippen LogP contribution in [0.25, 0.3) is 0 Å². The van der Waals surface area contributed by atoms with E-state index < -0.39 is 0 Å². The van der Waals surface area contributed by atoms with Crippen LogP contribution in [0.15, 0.2) is 42.5 Å². The van der Waals surface area contributed by atoms with Gasteiger partial charge in [-0.05, 0) is 19.1 Å². The maximum atomic E-state index is 9.25. The average molecular weight is 396 g/mol. The molecule has 3 aromatic rings. The van der Waals surface area contributed by atoms with Crippen molar-refractivity contribution < 1.29 is 9.47 Å². The van der Waals surface area contributed by atoms with Crippen LogP contribution >= 0.6 is 11.6 Å². The summed E-state index contributed by atoms with van der Waals surface area (Å²) in [5, 5.41) is 16.0. The van der Waals surface area contributed by atoms with Crippen LogP contribution in [0.3, 0.4) is 0 Å². The minimum absolute atomic E-state index is 0.366. The first-order chi connectivity index (χ1) is 13.5. The summed E-state index contributed by atoms with van der Waals surface area (Å²) in [5.74, 6) is 1.97. The molecule has 1 heterocycles. The van der Waals surface area contributed by atoms with Crippen molar-refractivity contribution in [1.82, 2.24) is 9.97 Å². The summed E-state index contributed by atoms with van der Waals surface area (Å²) >= 11 is 6.16. The first-order valence-electron chi connectivity index (χ1n) is 8.34. The number of hydrogen-bond donors (Lipinski definition) is 2. The van der Waals surface area contributed by atoms with E-state index in [1.165, 1.54) is 0 Å². The second-order valence-corrected chi connectivity index (χ2v) is 6.22. The van der Waals surface area contributed by atoms with Gasteiger partial charge in [-0.1, -0.05) is 23.7 Å². The van der Waals surface area contributed by atoms with Gasteiger partial charge in [-0.3, -0.25) is 0 Å². The number of hydrogen-bond acceptors (Lipinski definition) is 7. The largest absolute Gasteiger partial charge is 0.495 e. The van der Waals surface area contributed by atoms with Gasteiger partial charge in [-0.2, -0.15) is 10.2 Å². The zero-order valence-electron chi connectivity index (χ0n) is 15.6. The highest BCUT2D eigenvalue weighted by molar-refractivity contribution is 6.32. The monoisotopic (exact) mass is 395 g/mol. The highest BCUT2D eigenvalue weighted by atomic mass is 35.5. The molecule has 0 aliphatic heterocycles. The van der Waals surface area contributed by atoms with Crippen molar-refractivity contribution in [2.24, 2.45) is 0 Å². The maximum Gasteiger partial charge on any atom is 0.229 e. The molecule has 0 saturated heterocycles. The van der Waals surface area contributed by atoms with Crippen LogP contribution < -0.4 is 20.1 Å². The van der Waals surface area contributed by atoms with E-state index in [4.69, 9.17) is 21.1 Å². The van der Waals surface area contributed by atoms with E-state index in [0.29, 0.717) is 45.2 Å². The zero-order chi connectivity index (χ0) is 20.1. The second-order valence-electron chi connectivity index (χ2n) is 5.81. The second kappa shape index (κ2) is 8.46. The quantitative estimate of drug-likeness (QED) is 0.618. The van der Waals surface area contributed by atoms with Gasteiger partial charge in [0.2, 0.25) is 5.95 Å². The Balaban J connectivity index is 1.93. The third kappa shape index (κ3) is 4.24. The fourth-order valence-electron chi connectivity index (χ4n) is 2.59. The maximum absolute atomic E-state index is 9.25. The van der Waals surface area contributed by atoms with Crippen LogP contribution in [0.4, 0.5) is 23.1 Å². The first-order valence-corrected chi connectivity index (χ1v) is 8.72. The minimum atomic E-state index is 0.366. The van der Waals surface area contributed by atoms with Crippen LogP contribution in [-0.4, -0.2) is 24.2 Å². The normalized spacial score (nSPS) is 10.1. The number of ether oxygens (including phenoxy) is 2. The SMILES string of the molecule is COc1cc(Nc2cc(C)nc(Nc3ccccc3C#N)n2)c(OC)cc1Cl. The van der Waals surface area contributed by atoms with Crippen LogP contribution in [0.2, 0.25) is 5.02 Å². The molecule has 0 atom stereocenters. The molecule has 1 aromatic heterocycles. The van der Waals surface area contributed by atoms with E-state index in [1.807, 2.05) is 13.0 Å². The lowest BCUT2D eigenvalue weighted by Crippen LogP contribution is -2.04. The molecule has 0 aliphatic rings. The van der Waals surface area contributed by atoms with Crippen LogP contribution in [-0.2, 0) is 0 Å². The molecule has 0 spiro atoms. The van der Waals surface area contributed by atoms with Crippen LogP contribution in [0.1, 0.15) is 11.3 Å². The Morgan fingerprint density at radius 3 is 2.43 bits per heavy atom. The van der Waals surface area contributed by atoms with Crippen molar-refractivity contribution >= 4 is 34.7 Å². The number of aryl methyl sites for hydroxylation is 1. The lowest BCUT2D eigenvalue weighted by Gasteiger charge is -2.15. The number of halogens is 1. The average Bonchev–Trinajstić information content (AvgIpc) is 2.69. The van der Waals surface area contributed by atoms with E-state index in [2.05, 4.69) is 26.7 Å². The lowest BCUT2D eigenvalue weighted by atomic mass is 10.2. The molecule has 2 aromatic carbocycles. The van der Waals surface area contributed by atoms with Gasteiger partial charge in [0, 0.05) is 23.9 Å². The molecule has 0 radical (unpaired) electrons. The molecule has 142 valence electrons. The van der Waals surface area contributed by atoms with Crippen LogP contribution in [0, 0.1) is 18.3 Å². The predicted molar refractivity (Wildman–Crippen MR) is 109 cm³/mol. The van der Waals surface area contributed by atoms with Gasteiger partial charge < -0.3 is 20.1 Å². The Kier molecular flexibility index (Phi) is 5.82. The summed E-state index contributed by atoms with van der Waals surface area (Å²) in [6.45, 7) is 1.86. The summed E-state index contributed by atoms with van der Waals surface area (Å²) in [6.07, 6.45) is 0. The molecule has 0 aliphatic carbocycles. The predicted octanol–water partition coefficient (Wildman–Crippen LogP) is 4.81. The summed E-state index contributed by atoms with van der Waals surface area (Å²) in [6, 6.07) is 14.5. The standard InChI is InChI=1S/C20H18ClN5O2/c1-12-8-19(24-16-10-17(27-2)14(21)9-18(16)28-3)26-20(23-12)25-15-7-5-4-6-13(15)11-22/h4-10H,1-3H3,(H2,23,24,25,26). The number of benzene rings is 2. The number of nitrogens with one attached hydrogen (secondary N) is 2. The number of aromatic nitrogens is 2. The number of nitriles is 1. The lowest BCUT2D eigenvalue weighted by molar-refractivity contribution is 0.405. The summed E-state index contributed by atoms with van der Waals surface area (Å²) < 4.78 is 10.7. The molecular formula is C20H18ClN5O2. The zero-order valence-corrected chi connectivity index (χ0v) is 16.3. The van der Waals surface area contributed by atoms with Gasteiger partial charge in [-0.15, -0.1) is 0 Å². The van der Waals surface area contributed by atoms with Gasteiger partial charge in [0.25, 0.3) is 0 Å². The fraction of sp³-hybridized carbons (Fsp3) is 0.150. The Morgan fingerprint density at radius 2 is 1.71 bits per heavy atom. The van der Waals surface area contributed by atoms with Crippen molar-refractivity contribution in [2.75, 3.05) is 24.9 Å². The number of rotatable bonds is 6. The molecule has 0 fully saturated rings. The number of nitrogens with zero attached hydrogens (tertiary/aromatic N) is 3. The number of para-hydroxylation sites is 1. The molecule has 0 saturated carbocycles. The molecular weight excluding hydrogens is 378 g/mol. The van der Waals surface area contributed by atoms with Gasteiger partial charge >= 0.3 is 0 Å². The summed E-state index contributed by atoms with van der Waals surface area (Å²) in [5.41, 5.74) is 2.53. The van der Waals surface area contributed by atoms with Gasteiger partial charge in [0.1, 0.15) is 23.4 Å². The fourth-order valence-corrected chi connectivity index (χ4v) is 2.83. The Morgan fingerprint density at radius 1 is 0.964 bits per heavy atom. The van der Waals surface area contributed by atoms with Crippen molar-refractivity contribution in [3.8, 4) is 17.6 Å². The van der Waals surface area contributed by atoms with E-state index >= 15 is 0 Å². The van der Waals surface area contributed by atoms with Gasteiger partial charge in [-0.25, -0.2) is 4.98 Å². The minimum Gasteiger partial charge on any atom is -0.495 e. The molecule has 28 heavy (non-hydrogen) atoms. The van der Waals surface area contributed by atoms with Crippen molar-refractivity contribution in [3.63, 3.8) is 0 Å². The number of methoxy groups -OCH3 is 2. The summed E-state index contributed by atoms with van der Waals surface area (Å²) in [7, 11) is 3.10. The van der Waals surface area contributed by atoms with Crippen molar-refractivity contribution in [1.29, 1.82) is 5.26 Å². The van der Waals surface area contributed by atoms with Crippen molar-refractivity contribution in [2.45, 2.75) is 6.92 Å². The summed E-state index contributed by atoms with van der Waals surface area (Å²) in [4.78, 5) is 8.87. The smallest absolute Gasteiger partial charge is 0.229 e.